The normalized spacial score (nSPS) is 21.6. The summed E-state index contributed by atoms with van der Waals surface area (Å²) in [6, 6.07) is 8.97. The Kier molecular flexibility index (Phi) is 4.60. The molecule has 2 heterocycles. The minimum Gasteiger partial charge on any atom is -0.444 e. The van der Waals surface area contributed by atoms with Crippen LogP contribution in [-0.4, -0.2) is 54.0 Å². The summed E-state index contributed by atoms with van der Waals surface area (Å²) < 4.78 is 11.2. The summed E-state index contributed by atoms with van der Waals surface area (Å²) in [7, 11) is 0. The van der Waals surface area contributed by atoms with Crippen molar-refractivity contribution in [2.24, 2.45) is 0 Å². The van der Waals surface area contributed by atoms with Crippen LogP contribution in [0.25, 0.3) is 0 Å². The first-order chi connectivity index (χ1) is 11.7. The third-order valence-corrected chi connectivity index (χ3v) is 4.19. The number of benzene rings is 1. The van der Waals surface area contributed by atoms with Gasteiger partial charge in [-0.15, -0.1) is 0 Å². The number of para-hydroxylation sites is 1. The van der Waals surface area contributed by atoms with Gasteiger partial charge in [0.05, 0.1) is 25.7 Å². The fourth-order valence-electron chi connectivity index (χ4n) is 3.14. The topological polar surface area (TPSA) is 79.9 Å². The van der Waals surface area contributed by atoms with Crippen molar-refractivity contribution in [3.63, 3.8) is 0 Å². The molecule has 1 spiro atoms. The predicted molar refractivity (Wildman–Crippen MR) is 93.5 cm³/mol. The molecule has 0 bridgehead atoms. The van der Waals surface area contributed by atoms with E-state index in [-0.39, 0.29) is 23.8 Å². The first kappa shape index (κ1) is 17.5. The molecule has 0 saturated carbocycles. The average Bonchev–Trinajstić information content (AvgIpc) is 2.89. The summed E-state index contributed by atoms with van der Waals surface area (Å²) in [6.45, 7) is 6.98. The molecule has 1 aromatic rings. The van der Waals surface area contributed by atoms with Crippen LogP contribution >= 0.6 is 0 Å². The fraction of sp³-hybridized carbons (Fsp3) is 0.556. The largest absolute Gasteiger partial charge is 0.444 e. The number of likely N-dealkylation sites (tertiary alicyclic amines) is 1. The average molecular weight is 347 g/mol. The summed E-state index contributed by atoms with van der Waals surface area (Å²) in [5.74, 6) is 0. The Hall–Kier alpha value is -2.28. The highest BCUT2D eigenvalue weighted by Gasteiger charge is 2.52. The van der Waals surface area contributed by atoms with Crippen molar-refractivity contribution < 1.29 is 19.1 Å². The van der Waals surface area contributed by atoms with Crippen molar-refractivity contribution in [2.45, 2.75) is 44.4 Å². The van der Waals surface area contributed by atoms with Crippen molar-refractivity contribution in [3.8, 4) is 0 Å². The van der Waals surface area contributed by atoms with Gasteiger partial charge in [0.1, 0.15) is 11.2 Å². The van der Waals surface area contributed by atoms with Gasteiger partial charge in [0.2, 0.25) is 0 Å². The monoisotopic (exact) mass is 347 g/mol. The van der Waals surface area contributed by atoms with Crippen LogP contribution in [0.2, 0.25) is 0 Å². The number of rotatable bonds is 2. The maximum Gasteiger partial charge on any atom is 0.410 e. The molecule has 7 nitrogen and oxygen atoms in total. The molecule has 7 heteroatoms. The van der Waals surface area contributed by atoms with Crippen LogP contribution in [0.4, 0.5) is 15.3 Å². The number of carbonyl (C=O) groups excluding carboxylic acids is 2. The van der Waals surface area contributed by atoms with E-state index in [4.69, 9.17) is 9.47 Å². The molecule has 0 aliphatic carbocycles. The van der Waals surface area contributed by atoms with E-state index in [0.717, 1.165) is 5.69 Å². The van der Waals surface area contributed by atoms with Crippen LogP contribution in [0, 0.1) is 0 Å². The molecule has 2 fully saturated rings. The van der Waals surface area contributed by atoms with E-state index in [2.05, 4.69) is 10.6 Å². The molecule has 136 valence electrons. The van der Waals surface area contributed by atoms with Crippen molar-refractivity contribution in [2.75, 3.05) is 25.0 Å². The number of ether oxygens (including phenoxy) is 2. The van der Waals surface area contributed by atoms with Gasteiger partial charge in [-0.2, -0.15) is 0 Å². The first-order valence-corrected chi connectivity index (χ1v) is 8.49. The zero-order valence-corrected chi connectivity index (χ0v) is 14.9. The van der Waals surface area contributed by atoms with Gasteiger partial charge in [0.15, 0.2) is 0 Å². The number of urea groups is 1. The molecule has 2 aliphatic rings. The Bertz CT molecular complexity index is 635. The molecule has 0 aromatic heterocycles. The number of nitrogens with one attached hydrogen (secondary N) is 2. The third kappa shape index (κ3) is 4.42. The Morgan fingerprint density at radius 3 is 2.56 bits per heavy atom. The van der Waals surface area contributed by atoms with Gasteiger partial charge in [0, 0.05) is 12.1 Å². The molecule has 2 N–H and O–H groups in total. The van der Waals surface area contributed by atoms with Crippen molar-refractivity contribution in [1.82, 2.24) is 10.2 Å². The standard InChI is InChI=1S/C18H25N3O4/c1-17(2,3)25-16(23)21-11-18(12-21)9-14(10-24-18)20-15(22)19-13-7-5-4-6-8-13/h4-8,14H,9-12H2,1-3H3,(H2,19,20,22). The molecular weight excluding hydrogens is 322 g/mol. The molecule has 3 rings (SSSR count). The highest BCUT2D eigenvalue weighted by molar-refractivity contribution is 5.89. The summed E-state index contributed by atoms with van der Waals surface area (Å²) in [6.07, 6.45) is 0.370. The van der Waals surface area contributed by atoms with E-state index in [1.807, 2.05) is 51.1 Å². The number of nitrogens with zero attached hydrogens (tertiary/aromatic N) is 1. The van der Waals surface area contributed by atoms with Crippen LogP contribution in [0.15, 0.2) is 30.3 Å². The van der Waals surface area contributed by atoms with E-state index in [1.165, 1.54) is 0 Å². The molecular formula is C18H25N3O4. The van der Waals surface area contributed by atoms with E-state index in [1.54, 1.807) is 4.90 Å². The zero-order valence-electron chi connectivity index (χ0n) is 14.9. The number of anilines is 1. The van der Waals surface area contributed by atoms with E-state index < -0.39 is 5.60 Å². The van der Waals surface area contributed by atoms with Crippen LogP contribution in [0.5, 0.6) is 0 Å². The second-order valence-electron chi connectivity index (χ2n) is 7.70. The van der Waals surface area contributed by atoms with Crippen LogP contribution in [0.3, 0.4) is 0 Å². The molecule has 2 saturated heterocycles. The number of hydrogen-bond donors (Lipinski definition) is 2. The number of hydrogen-bond acceptors (Lipinski definition) is 4. The van der Waals surface area contributed by atoms with Crippen LogP contribution in [-0.2, 0) is 9.47 Å². The Balaban J connectivity index is 1.44. The molecule has 2 aliphatic heterocycles. The SMILES string of the molecule is CC(C)(C)OC(=O)N1CC2(CC(NC(=O)Nc3ccccc3)CO2)C1. The lowest BCUT2D eigenvalue weighted by atomic mass is 9.90. The molecule has 1 aromatic carbocycles. The van der Waals surface area contributed by atoms with Gasteiger partial charge in [-0.25, -0.2) is 9.59 Å². The van der Waals surface area contributed by atoms with Gasteiger partial charge >= 0.3 is 12.1 Å². The summed E-state index contributed by atoms with van der Waals surface area (Å²) in [4.78, 5) is 25.7. The maximum absolute atomic E-state index is 12.1. The number of carbonyl (C=O) groups is 2. The lowest BCUT2D eigenvalue weighted by Gasteiger charge is -2.46. The van der Waals surface area contributed by atoms with Gasteiger partial charge in [-0.1, -0.05) is 18.2 Å². The Morgan fingerprint density at radius 1 is 1.24 bits per heavy atom. The molecule has 0 radical (unpaired) electrons. The minimum absolute atomic E-state index is 0.0653. The van der Waals surface area contributed by atoms with Crippen molar-refractivity contribution >= 4 is 17.8 Å². The second-order valence-corrected chi connectivity index (χ2v) is 7.70. The number of amides is 3. The highest BCUT2D eigenvalue weighted by atomic mass is 16.6. The van der Waals surface area contributed by atoms with Crippen LogP contribution < -0.4 is 10.6 Å². The summed E-state index contributed by atoms with van der Waals surface area (Å²) >= 11 is 0. The quantitative estimate of drug-likeness (QED) is 0.862. The smallest absolute Gasteiger partial charge is 0.410 e. The summed E-state index contributed by atoms with van der Waals surface area (Å²) in [5.41, 5.74) is -0.120. The zero-order chi connectivity index (χ0) is 18.1. The lowest BCUT2D eigenvalue weighted by Crippen LogP contribution is -2.64. The third-order valence-electron chi connectivity index (χ3n) is 4.19. The molecule has 25 heavy (non-hydrogen) atoms. The predicted octanol–water partition coefficient (Wildman–Crippen LogP) is 2.59. The molecule has 1 unspecified atom stereocenters. The van der Waals surface area contributed by atoms with E-state index in [9.17, 15) is 9.59 Å². The van der Waals surface area contributed by atoms with Gasteiger partial charge in [-0.05, 0) is 32.9 Å². The summed E-state index contributed by atoms with van der Waals surface area (Å²) in [5, 5.41) is 5.72. The Labute approximate surface area is 147 Å². The second kappa shape index (κ2) is 6.55. The van der Waals surface area contributed by atoms with Gasteiger partial charge < -0.3 is 25.0 Å². The van der Waals surface area contributed by atoms with Crippen molar-refractivity contribution in [3.05, 3.63) is 30.3 Å². The maximum atomic E-state index is 12.1. The highest BCUT2D eigenvalue weighted by Crippen LogP contribution is 2.35. The minimum atomic E-state index is -0.504. The first-order valence-electron chi connectivity index (χ1n) is 8.49. The molecule has 3 amide bonds. The lowest BCUT2D eigenvalue weighted by molar-refractivity contribution is -0.109. The van der Waals surface area contributed by atoms with E-state index >= 15 is 0 Å². The fourth-order valence-corrected chi connectivity index (χ4v) is 3.14. The van der Waals surface area contributed by atoms with Crippen molar-refractivity contribution in [1.29, 1.82) is 0 Å². The van der Waals surface area contributed by atoms with Crippen LogP contribution in [0.1, 0.15) is 27.2 Å². The Morgan fingerprint density at radius 2 is 1.92 bits per heavy atom. The van der Waals surface area contributed by atoms with Gasteiger partial charge in [0.25, 0.3) is 0 Å². The van der Waals surface area contributed by atoms with Gasteiger partial charge in [-0.3, -0.25) is 0 Å². The molecule has 1 atom stereocenters. The van der Waals surface area contributed by atoms with E-state index in [0.29, 0.717) is 26.1 Å².